The Kier molecular flexibility index (Phi) is 7.38. The number of aliphatic hydroxyl groups is 3. The van der Waals surface area contributed by atoms with Crippen molar-refractivity contribution in [1.82, 2.24) is 15.0 Å². The maximum absolute atomic E-state index is 11.8. The molecule has 9 nitrogen and oxygen atoms in total. The van der Waals surface area contributed by atoms with E-state index in [0.29, 0.717) is 14.9 Å². The zero-order chi connectivity index (χ0) is 21.1. The van der Waals surface area contributed by atoms with E-state index in [9.17, 15) is 20.1 Å². The number of carbonyl (C=O) groups is 1. The summed E-state index contributed by atoms with van der Waals surface area (Å²) in [5, 5.41) is 39.3. The van der Waals surface area contributed by atoms with Crippen LogP contribution in [0.1, 0.15) is 23.5 Å². The molecule has 2 heterocycles. The summed E-state index contributed by atoms with van der Waals surface area (Å²) in [7, 11) is 0. The molecule has 1 saturated heterocycles. The second-order valence-corrected chi connectivity index (χ2v) is 8.18. The van der Waals surface area contributed by atoms with Crippen LogP contribution in [-0.2, 0) is 9.47 Å². The summed E-state index contributed by atoms with van der Waals surface area (Å²) in [5.74, 6) is -0.671. The van der Waals surface area contributed by atoms with E-state index in [0.717, 1.165) is 11.8 Å². The first-order valence-electron chi connectivity index (χ1n) is 8.68. The Balaban J connectivity index is 1.85. The first kappa shape index (κ1) is 22.3. The lowest BCUT2D eigenvalue weighted by Crippen LogP contribution is -2.55. The van der Waals surface area contributed by atoms with Crippen LogP contribution in [-0.4, -0.2) is 73.2 Å². The Hall–Kier alpha value is -1.40. The number of halogens is 2. The van der Waals surface area contributed by atoms with Gasteiger partial charge >= 0.3 is 5.97 Å². The minimum Gasteiger partial charge on any atom is -0.461 e. The molecule has 0 amide bonds. The SMILES string of the molecule is CCOC(=O)c1cn(C2[C@@H](O)C(CO)O[C@H](Sc3ccc(Cl)c(Cl)c3)[C@@H]2O)nn1. The number of hydrogen-bond acceptors (Lipinski definition) is 9. The number of aliphatic hydroxyl groups excluding tert-OH is 3. The first-order valence-corrected chi connectivity index (χ1v) is 10.3. The van der Waals surface area contributed by atoms with Gasteiger partial charge in [-0.25, -0.2) is 9.48 Å². The highest BCUT2D eigenvalue weighted by Gasteiger charge is 2.46. The smallest absolute Gasteiger partial charge is 0.360 e. The molecule has 29 heavy (non-hydrogen) atoms. The highest BCUT2D eigenvalue weighted by Crippen LogP contribution is 2.39. The van der Waals surface area contributed by atoms with Crippen molar-refractivity contribution in [2.75, 3.05) is 13.2 Å². The summed E-state index contributed by atoms with van der Waals surface area (Å²) in [6.45, 7) is 1.34. The lowest BCUT2D eigenvalue weighted by atomic mass is 9.97. The molecule has 158 valence electrons. The maximum Gasteiger partial charge on any atom is 0.360 e. The van der Waals surface area contributed by atoms with Gasteiger partial charge in [0.05, 0.1) is 29.5 Å². The molecule has 2 aromatic rings. The topological polar surface area (TPSA) is 127 Å². The third kappa shape index (κ3) is 4.85. The Labute approximate surface area is 180 Å². The number of esters is 1. The Morgan fingerprint density at radius 2 is 2.07 bits per heavy atom. The predicted octanol–water partition coefficient (Wildman–Crippen LogP) is 1.53. The van der Waals surface area contributed by atoms with Crippen LogP contribution in [0.5, 0.6) is 0 Å². The first-order chi connectivity index (χ1) is 13.8. The third-order valence-corrected chi connectivity index (χ3v) is 6.18. The molecule has 0 aliphatic carbocycles. The van der Waals surface area contributed by atoms with Crippen molar-refractivity contribution in [2.24, 2.45) is 0 Å². The monoisotopic (exact) mass is 463 g/mol. The molecule has 0 radical (unpaired) electrons. The van der Waals surface area contributed by atoms with E-state index in [1.54, 1.807) is 25.1 Å². The van der Waals surface area contributed by atoms with Crippen LogP contribution in [0.15, 0.2) is 29.3 Å². The molecule has 5 atom stereocenters. The van der Waals surface area contributed by atoms with Crippen LogP contribution in [0, 0.1) is 0 Å². The van der Waals surface area contributed by atoms with Gasteiger partial charge in [0.25, 0.3) is 0 Å². The minimum absolute atomic E-state index is 0.0630. The Bertz CT molecular complexity index is 869. The zero-order valence-electron chi connectivity index (χ0n) is 15.2. The molecule has 1 aliphatic rings. The quantitative estimate of drug-likeness (QED) is 0.546. The third-order valence-electron chi connectivity index (χ3n) is 4.29. The lowest BCUT2D eigenvalue weighted by molar-refractivity contribution is -0.178. The summed E-state index contributed by atoms with van der Waals surface area (Å²) in [6, 6.07) is 3.92. The number of rotatable bonds is 6. The largest absolute Gasteiger partial charge is 0.461 e. The summed E-state index contributed by atoms with van der Waals surface area (Å²) >= 11 is 13.1. The fourth-order valence-electron chi connectivity index (χ4n) is 2.88. The molecule has 3 N–H and O–H groups in total. The molecule has 1 fully saturated rings. The van der Waals surface area contributed by atoms with Crippen LogP contribution < -0.4 is 0 Å². The van der Waals surface area contributed by atoms with Crippen molar-refractivity contribution in [3.05, 3.63) is 40.1 Å². The fraction of sp³-hybridized carbons (Fsp3) is 0.471. The predicted molar refractivity (Wildman–Crippen MR) is 105 cm³/mol. The van der Waals surface area contributed by atoms with Crippen LogP contribution in [0.2, 0.25) is 10.0 Å². The van der Waals surface area contributed by atoms with Gasteiger partial charge in [-0.15, -0.1) is 5.10 Å². The van der Waals surface area contributed by atoms with E-state index >= 15 is 0 Å². The molecule has 0 bridgehead atoms. The number of nitrogens with zero attached hydrogens (tertiary/aromatic N) is 3. The molecular weight excluding hydrogens is 445 g/mol. The van der Waals surface area contributed by atoms with Gasteiger partial charge in [0, 0.05) is 4.90 Å². The summed E-state index contributed by atoms with van der Waals surface area (Å²) < 4.78 is 11.7. The van der Waals surface area contributed by atoms with Crippen LogP contribution in [0.25, 0.3) is 0 Å². The normalized spacial score (nSPS) is 27.0. The van der Waals surface area contributed by atoms with Crippen LogP contribution in [0.3, 0.4) is 0 Å². The van der Waals surface area contributed by atoms with Gasteiger partial charge in [-0.3, -0.25) is 0 Å². The van der Waals surface area contributed by atoms with Gasteiger partial charge in [0.1, 0.15) is 29.8 Å². The highest BCUT2D eigenvalue weighted by molar-refractivity contribution is 7.99. The second-order valence-electron chi connectivity index (χ2n) is 6.20. The second kappa shape index (κ2) is 9.61. The molecule has 0 spiro atoms. The van der Waals surface area contributed by atoms with E-state index in [1.807, 2.05) is 0 Å². The summed E-state index contributed by atoms with van der Waals surface area (Å²) in [5.41, 5.74) is -0.931. The van der Waals surface area contributed by atoms with E-state index in [4.69, 9.17) is 32.7 Å². The Morgan fingerprint density at radius 1 is 1.31 bits per heavy atom. The van der Waals surface area contributed by atoms with Gasteiger partial charge in [0.15, 0.2) is 5.69 Å². The van der Waals surface area contributed by atoms with Crippen LogP contribution >= 0.6 is 35.0 Å². The molecule has 1 aliphatic heterocycles. The number of hydrogen-bond donors (Lipinski definition) is 3. The van der Waals surface area contributed by atoms with Crippen molar-refractivity contribution >= 4 is 40.9 Å². The molecular formula is C17H19Cl2N3O6S. The van der Waals surface area contributed by atoms with Gasteiger partial charge in [-0.05, 0) is 25.1 Å². The number of aromatic nitrogens is 3. The number of carbonyl (C=O) groups excluding carboxylic acids is 1. The van der Waals surface area contributed by atoms with Crippen molar-refractivity contribution in [1.29, 1.82) is 0 Å². The zero-order valence-corrected chi connectivity index (χ0v) is 17.5. The molecule has 3 rings (SSSR count). The fourth-order valence-corrected chi connectivity index (χ4v) is 4.35. The standard InChI is InChI=1S/C17H19Cl2N3O6S/c1-2-27-16(26)11-6-22(21-20-11)13-14(24)12(7-23)28-17(15(13)25)29-8-3-4-9(18)10(19)5-8/h3-6,12-15,17,23-25H,2,7H2,1H3/t12?,13?,14-,15+,17+/m0/s1. The van der Waals surface area contributed by atoms with Gasteiger partial charge in [-0.2, -0.15) is 0 Å². The Morgan fingerprint density at radius 3 is 2.72 bits per heavy atom. The molecule has 1 aromatic carbocycles. The maximum atomic E-state index is 11.8. The van der Waals surface area contributed by atoms with Crippen molar-refractivity contribution in [2.45, 2.75) is 41.6 Å². The molecule has 1 aromatic heterocycles. The minimum atomic E-state index is -1.29. The van der Waals surface area contributed by atoms with E-state index in [1.165, 1.54) is 10.9 Å². The van der Waals surface area contributed by atoms with Crippen molar-refractivity contribution in [3.8, 4) is 0 Å². The average Bonchev–Trinajstić information content (AvgIpc) is 3.17. The van der Waals surface area contributed by atoms with Crippen molar-refractivity contribution < 1.29 is 29.6 Å². The van der Waals surface area contributed by atoms with Gasteiger partial charge in [-0.1, -0.05) is 40.2 Å². The van der Waals surface area contributed by atoms with E-state index in [2.05, 4.69) is 10.3 Å². The van der Waals surface area contributed by atoms with E-state index < -0.39 is 42.4 Å². The van der Waals surface area contributed by atoms with Gasteiger partial charge < -0.3 is 24.8 Å². The van der Waals surface area contributed by atoms with Crippen molar-refractivity contribution in [3.63, 3.8) is 0 Å². The van der Waals surface area contributed by atoms with Crippen LogP contribution in [0.4, 0.5) is 0 Å². The average molecular weight is 464 g/mol. The lowest BCUT2D eigenvalue weighted by Gasteiger charge is -2.41. The molecule has 12 heteroatoms. The van der Waals surface area contributed by atoms with Gasteiger partial charge in [0.2, 0.25) is 0 Å². The summed E-state index contributed by atoms with van der Waals surface area (Å²) in [4.78, 5) is 12.5. The highest BCUT2D eigenvalue weighted by atomic mass is 35.5. The summed E-state index contributed by atoms with van der Waals surface area (Å²) in [6.07, 6.45) is -2.25. The number of ether oxygens (including phenoxy) is 2. The number of thioether (sulfide) groups is 1. The molecule has 2 unspecified atom stereocenters. The molecule has 0 saturated carbocycles. The number of benzene rings is 1. The van der Waals surface area contributed by atoms with E-state index in [-0.39, 0.29) is 12.3 Å².